The first kappa shape index (κ1) is 16.1. The number of rotatable bonds is 4. The highest BCUT2D eigenvalue weighted by molar-refractivity contribution is 9.10. The average Bonchev–Trinajstić information content (AvgIpc) is 2.44. The Bertz CT molecular complexity index is 457. The lowest BCUT2D eigenvalue weighted by Gasteiger charge is -2.42. The Labute approximate surface area is 134 Å². The van der Waals surface area contributed by atoms with Gasteiger partial charge in [-0.3, -0.25) is 4.90 Å². The van der Waals surface area contributed by atoms with Crippen LogP contribution in [0.3, 0.4) is 0 Å². The third-order valence-corrected chi connectivity index (χ3v) is 5.94. The normalized spacial score (nSPS) is 25.4. The number of nitrogens with zero attached hydrogens (tertiary/aromatic N) is 1. The first-order valence-corrected chi connectivity index (χ1v) is 8.83. The molecule has 0 radical (unpaired) electrons. The average molecular weight is 359 g/mol. The minimum Gasteiger partial charge on any atom is -0.496 e. The van der Waals surface area contributed by atoms with Gasteiger partial charge in [0.1, 0.15) is 5.75 Å². The summed E-state index contributed by atoms with van der Waals surface area (Å²) in [7, 11) is 1.72. The zero-order chi connectivity index (χ0) is 14.7. The van der Waals surface area contributed by atoms with E-state index >= 15 is 0 Å². The van der Waals surface area contributed by atoms with Crippen LogP contribution in [-0.4, -0.2) is 42.1 Å². The molecule has 112 valence electrons. The van der Waals surface area contributed by atoms with E-state index in [1.165, 1.54) is 11.3 Å². The molecule has 0 spiro atoms. The van der Waals surface area contributed by atoms with Crippen molar-refractivity contribution in [3.05, 3.63) is 28.2 Å². The smallest absolute Gasteiger partial charge is 0.123 e. The van der Waals surface area contributed by atoms with Gasteiger partial charge in [-0.1, -0.05) is 22.9 Å². The molecule has 3 unspecified atom stereocenters. The zero-order valence-corrected chi connectivity index (χ0v) is 14.7. The van der Waals surface area contributed by atoms with Crippen molar-refractivity contribution < 1.29 is 4.74 Å². The Hall–Kier alpha value is -0.230. The van der Waals surface area contributed by atoms with Gasteiger partial charge >= 0.3 is 0 Å². The summed E-state index contributed by atoms with van der Waals surface area (Å²) in [4.78, 5) is 2.52. The molecule has 1 fully saturated rings. The minimum absolute atomic E-state index is 0.209. The summed E-state index contributed by atoms with van der Waals surface area (Å²) < 4.78 is 6.60. The van der Waals surface area contributed by atoms with Crippen LogP contribution in [0.4, 0.5) is 0 Å². The fraction of sp³-hybridized carbons (Fsp3) is 0.600. The third kappa shape index (κ3) is 3.32. The van der Waals surface area contributed by atoms with Crippen molar-refractivity contribution in [2.75, 3.05) is 26.0 Å². The van der Waals surface area contributed by atoms with E-state index in [1.54, 1.807) is 7.11 Å². The third-order valence-electron chi connectivity index (χ3n) is 4.11. The number of halogens is 1. The summed E-state index contributed by atoms with van der Waals surface area (Å²) in [5.74, 6) is 2.08. The molecule has 2 rings (SSSR count). The number of thioether (sulfide) groups is 1. The first-order valence-electron chi connectivity index (χ1n) is 6.99. The van der Waals surface area contributed by atoms with E-state index < -0.39 is 0 Å². The van der Waals surface area contributed by atoms with Crippen LogP contribution in [0.5, 0.6) is 5.75 Å². The molecule has 3 atom stereocenters. The lowest BCUT2D eigenvalue weighted by Crippen LogP contribution is -2.48. The van der Waals surface area contributed by atoms with E-state index in [0.29, 0.717) is 17.8 Å². The summed E-state index contributed by atoms with van der Waals surface area (Å²) in [6.45, 7) is 6.28. The molecule has 0 aliphatic carbocycles. The zero-order valence-electron chi connectivity index (χ0n) is 12.3. The molecule has 1 heterocycles. The lowest BCUT2D eigenvalue weighted by molar-refractivity contribution is 0.148. The molecule has 1 aromatic carbocycles. The monoisotopic (exact) mass is 358 g/mol. The van der Waals surface area contributed by atoms with Gasteiger partial charge in [-0.2, -0.15) is 11.8 Å². The van der Waals surface area contributed by atoms with Gasteiger partial charge in [-0.15, -0.1) is 0 Å². The van der Waals surface area contributed by atoms with Crippen LogP contribution in [-0.2, 0) is 0 Å². The fourth-order valence-electron chi connectivity index (χ4n) is 2.80. The van der Waals surface area contributed by atoms with Gasteiger partial charge in [0.15, 0.2) is 0 Å². The second-order valence-electron chi connectivity index (χ2n) is 5.19. The van der Waals surface area contributed by atoms with Crippen LogP contribution < -0.4 is 10.5 Å². The van der Waals surface area contributed by atoms with E-state index in [1.807, 2.05) is 23.9 Å². The first-order chi connectivity index (χ1) is 9.58. The molecule has 1 saturated heterocycles. The van der Waals surface area contributed by atoms with E-state index in [9.17, 15) is 0 Å². The maximum Gasteiger partial charge on any atom is 0.123 e. The molecule has 1 aliphatic rings. The maximum absolute atomic E-state index is 6.10. The summed E-state index contributed by atoms with van der Waals surface area (Å²) in [6.07, 6.45) is 0. The Morgan fingerprint density at radius 3 is 2.90 bits per heavy atom. The Balaban J connectivity index is 2.34. The van der Waals surface area contributed by atoms with Crippen LogP contribution in [0.2, 0.25) is 0 Å². The van der Waals surface area contributed by atoms with Gasteiger partial charge in [-0.25, -0.2) is 0 Å². The van der Waals surface area contributed by atoms with Crippen molar-refractivity contribution in [3.63, 3.8) is 0 Å². The van der Waals surface area contributed by atoms with Crippen LogP contribution in [0.25, 0.3) is 0 Å². The topological polar surface area (TPSA) is 38.5 Å². The Kier molecular flexibility index (Phi) is 5.78. The summed E-state index contributed by atoms with van der Waals surface area (Å²) in [5, 5.41) is 0.635. The summed E-state index contributed by atoms with van der Waals surface area (Å²) >= 11 is 5.60. The number of nitrogens with two attached hydrogens (primary N) is 1. The van der Waals surface area contributed by atoms with Gasteiger partial charge in [0.05, 0.1) is 13.2 Å². The van der Waals surface area contributed by atoms with Crippen LogP contribution in [0.15, 0.2) is 22.7 Å². The van der Waals surface area contributed by atoms with Crippen molar-refractivity contribution in [1.29, 1.82) is 0 Å². The molecular weight excluding hydrogens is 336 g/mol. The molecule has 1 aliphatic heterocycles. The van der Waals surface area contributed by atoms with Crippen molar-refractivity contribution in [2.45, 2.75) is 31.2 Å². The van der Waals surface area contributed by atoms with Gasteiger partial charge in [0.2, 0.25) is 0 Å². The van der Waals surface area contributed by atoms with Crippen LogP contribution in [0.1, 0.15) is 25.5 Å². The number of benzene rings is 1. The van der Waals surface area contributed by atoms with Crippen molar-refractivity contribution in [3.8, 4) is 5.75 Å². The molecule has 0 amide bonds. The van der Waals surface area contributed by atoms with E-state index in [0.717, 1.165) is 16.8 Å². The SMILES string of the molecule is COc1ccc(Br)cc1C(CN)N1CCSC(C)C1C. The molecule has 0 bridgehead atoms. The summed E-state index contributed by atoms with van der Waals surface area (Å²) in [5.41, 5.74) is 7.27. The van der Waals surface area contributed by atoms with Crippen molar-refractivity contribution >= 4 is 27.7 Å². The molecule has 3 nitrogen and oxygen atoms in total. The predicted octanol–water partition coefficient (Wildman–Crippen LogP) is 3.28. The largest absolute Gasteiger partial charge is 0.496 e. The fourth-order valence-corrected chi connectivity index (χ4v) is 4.30. The number of hydrogen-bond acceptors (Lipinski definition) is 4. The van der Waals surface area contributed by atoms with E-state index in [4.69, 9.17) is 10.5 Å². The van der Waals surface area contributed by atoms with Crippen molar-refractivity contribution in [2.24, 2.45) is 5.73 Å². The van der Waals surface area contributed by atoms with Gasteiger partial charge in [-0.05, 0) is 25.1 Å². The van der Waals surface area contributed by atoms with Gasteiger partial charge in [0.25, 0.3) is 0 Å². The van der Waals surface area contributed by atoms with Gasteiger partial charge < -0.3 is 10.5 Å². The molecular formula is C15H23BrN2OS. The quantitative estimate of drug-likeness (QED) is 0.896. The Morgan fingerprint density at radius 1 is 1.50 bits per heavy atom. The number of hydrogen-bond donors (Lipinski definition) is 1. The lowest BCUT2D eigenvalue weighted by atomic mass is 10.0. The second kappa shape index (κ2) is 7.16. The highest BCUT2D eigenvalue weighted by Gasteiger charge is 2.32. The molecule has 2 N–H and O–H groups in total. The molecule has 1 aromatic rings. The second-order valence-corrected chi connectivity index (χ2v) is 7.59. The van der Waals surface area contributed by atoms with E-state index in [-0.39, 0.29) is 6.04 Å². The highest BCUT2D eigenvalue weighted by atomic mass is 79.9. The minimum atomic E-state index is 0.209. The molecule has 5 heteroatoms. The molecule has 0 aromatic heterocycles. The summed E-state index contributed by atoms with van der Waals surface area (Å²) in [6, 6.07) is 6.88. The van der Waals surface area contributed by atoms with Gasteiger partial charge in [0, 0.05) is 40.2 Å². The molecule has 20 heavy (non-hydrogen) atoms. The molecule has 0 saturated carbocycles. The number of methoxy groups -OCH3 is 1. The predicted molar refractivity (Wildman–Crippen MR) is 90.6 cm³/mol. The highest BCUT2D eigenvalue weighted by Crippen LogP contribution is 2.36. The van der Waals surface area contributed by atoms with Crippen LogP contribution >= 0.6 is 27.7 Å². The van der Waals surface area contributed by atoms with Crippen LogP contribution in [0, 0.1) is 0 Å². The Morgan fingerprint density at radius 2 is 2.25 bits per heavy atom. The maximum atomic E-state index is 6.10. The van der Waals surface area contributed by atoms with Crippen molar-refractivity contribution in [1.82, 2.24) is 4.90 Å². The standard InChI is InChI=1S/C15H23BrN2OS/c1-10-11(2)20-7-6-18(10)14(9-17)13-8-12(16)4-5-15(13)19-3/h4-5,8,10-11,14H,6-7,9,17H2,1-3H3. The van der Waals surface area contributed by atoms with E-state index in [2.05, 4.69) is 40.7 Å². The number of ether oxygens (including phenoxy) is 1.